The highest BCUT2D eigenvalue weighted by atomic mass is 35.5. The Bertz CT molecular complexity index is 1100. The summed E-state index contributed by atoms with van der Waals surface area (Å²) in [7, 11) is 0. The lowest BCUT2D eigenvalue weighted by Gasteiger charge is -2.23. The largest absolute Gasteiger partial charge is 0.399 e. The smallest absolute Gasteiger partial charge is 0.264 e. The summed E-state index contributed by atoms with van der Waals surface area (Å²) in [6.45, 7) is 0.385. The van der Waals surface area contributed by atoms with Crippen LogP contribution in [0, 0.1) is 0 Å². The van der Waals surface area contributed by atoms with Gasteiger partial charge in [-0.3, -0.25) is 9.59 Å². The number of halogens is 1. The molecule has 30 heavy (non-hydrogen) atoms. The van der Waals surface area contributed by atoms with E-state index in [-0.39, 0.29) is 12.2 Å². The van der Waals surface area contributed by atoms with Crippen molar-refractivity contribution < 1.29 is 14.7 Å². The third-order valence-electron chi connectivity index (χ3n) is 5.41. The SMILES string of the molecule is Nc1ccc(C(=O)CC2(O)C(=O)N(CCc3ccccc3)c3ccc(Cl)cc32)cc1. The Morgan fingerprint density at radius 2 is 1.73 bits per heavy atom. The van der Waals surface area contributed by atoms with E-state index in [2.05, 4.69) is 0 Å². The summed E-state index contributed by atoms with van der Waals surface area (Å²) in [6.07, 6.45) is 0.252. The predicted molar refractivity (Wildman–Crippen MR) is 118 cm³/mol. The van der Waals surface area contributed by atoms with Crippen LogP contribution in [0.15, 0.2) is 72.8 Å². The summed E-state index contributed by atoms with van der Waals surface area (Å²) >= 11 is 6.15. The van der Waals surface area contributed by atoms with Crippen LogP contribution < -0.4 is 10.6 Å². The minimum absolute atomic E-state index is 0.346. The van der Waals surface area contributed by atoms with Crippen LogP contribution in [0.4, 0.5) is 11.4 Å². The van der Waals surface area contributed by atoms with Crippen molar-refractivity contribution in [2.24, 2.45) is 0 Å². The van der Waals surface area contributed by atoms with Crippen LogP contribution in [0.1, 0.15) is 27.9 Å². The number of carbonyl (C=O) groups is 2. The molecule has 0 fully saturated rings. The number of rotatable bonds is 6. The molecule has 0 aromatic heterocycles. The fourth-order valence-electron chi connectivity index (χ4n) is 3.80. The first-order valence-electron chi connectivity index (χ1n) is 9.65. The maximum Gasteiger partial charge on any atom is 0.264 e. The molecule has 1 amide bonds. The number of fused-ring (bicyclic) bond motifs is 1. The van der Waals surface area contributed by atoms with Crippen LogP contribution in [0.25, 0.3) is 0 Å². The van der Waals surface area contributed by atoms with Crippen molar-refractivity contribution in [3.8, 4) is 0 Å². The minimum atomic E-state index is -1.96. The molecule has 0 spiro atoms. The average molecular weight is 421 g/mol. The highest BCUT2D eigenvalue weighted by molar-refractivity contribution is 6.31. The van der Waals surface area contributed by atoms with Crippen molar-refractivity contribution in [2.75, 3.05) is 17.2 Å². The third-order valence-corrected chi connectivity index (χ3v) is 5.64. The van der Waals surface area contributed by atoms with E-state index in [9.17, 15) is 14.7 Å². The number of anilines is 2. The van der Waals surface area contributed by atoms with Crippen LogP contribution in [-0.2, 0) is 16.8 Å². The molecule has 152 valence electrons. The second kappa shape index (κ2) is 7.94. The Morgan fingerprint density at radius 3 is 2.43 bits per heavy atom. The predicted octanol–water partition coefficient (Wildman–Crippen LogP) is 3.97. The molecule has 0 radical (unpaired) electrons. The molecule has 0 saturated heterocycles. The number of nitrogens with zero attached hydrogens (tertiary/aromatic N) is 1. The molecule has 3 aromatic carbocycles. The molecule has 5 nitrogen and oxygen atoms in total. The monoisotopic (exact) mass is 420 g/mol. The van der Waals surface area contributed by atoms with E-state index < -0.39 is 11.5 Å². The highest BCUT2D eigenvalue weighted by Gasteiger charge is 2.50. The van der Waals surface area contributed by atoms with Gasteiger partial charge in [0.05, 0.1) is 12.1 Å². The number of benzene rings is 3. The minimum Gasteiger partial charge on any atom is -0.399 e. The van der Waals surface area contributed by atoms with Crippen molar-refractivity contribution >= 4 is 34.7 Å². The number of hydrogen-bond donors (Lipinski definition) is 2. The lowest BCUT2D eigenvalue weighted by atomic mass is 9.88. The van der Waals surface area contributed by atoms with Crippen LogP contribution >= 0.6 is 11.6 Å². The molecule has 0 bridgehead atoms. The number of amides is 1. The standard InChI is InChI=1S/C24H21ClN2O3/c25-18-8-11-21-20(14-18)24(30,15-22(28)17-6-9-19(26)10-7-17)23(29)27(21)13-12-16-4-2-1-3-5-16/h1-11,14,30H,12-13,15,26H2. The first-order valence-corrected chi connectivity index (χ1v) is 10.0. The van der Waals surface area contributed by atoms with Gasteiger partial charge in [0.15, 0.2) is 11.4 Å². The Kier molecular flexibility index (Phi) is 5.33. The fraction of sp³-hybridized carbons (Fsp3) is 0.167. The van der Waals surface area contributed by atoms with E-state index >= 15 is 0 Å². The molecule has 1 unspecified atom stereocenters. The Labute approximate surface area is 179 Å². The van der Waals surface area contributed by atoms with Gasteiger partial charge in [-0.25, -0.2) is 0 Å². The number of ketones is 1. The molecule has 1 aliphatic rings. The maximum atomic E-state index is 13.3. The molecule has 0 aliphatic carbocycles. The lowest BCUT2D eigenvalue weighted by molar-refractivity contribution is -0.135. The second-order valence-electron chi connectivity index (χ2n) is 7.44. The molecule has 4 rings (SSSR count). The van der Waals surface area contributed by atoms with Gasteiger partial charge in [0.1, 0.15) is 0 Å². The molecule has 0 saturated carbocycles. The third kappa shape index (κ3) is 3.70. The summed E-state index contributed by atoms with van der Waals surface area (Å²) in [5.74, 6) is -0.860. The quantitative estimate of drug-likeness (QED) is 0.467. The highest BCUT2D eigenvalue weighted by Crippen LogP contribution is 2.44. The van der Waals surface area contributed by atoms with Gasteiger partial charge < -0.3 is 15.7 Å². The number of nitrogen functional groups attached to an aromatic ring is 1. The fourth-order valence-corrected chi connectivity index (χ4v) is 3.98. The zero-order valence-electron chi connectivity index (χ0n) is 16.2. The maximum absolute atomic E-state index is 13.3. The topological polar surface area (TPSA) is 83.6 Å². The normalized spacial score (nSPS) is 17.8. The summed E-state index contributed by atoms with van der Waals surface area (Å²) < 4.78 is 0. The second-order valence-corrected chi connectivity index (χ2v) is 7.87. The summed E-state index contributed by atoms with van der Waals surface area (Å²) in [5.41, 5.74) is 6.65. The average Bonchev–Trinajstić information content (AvgIpc) is 2.94. The Morgan fingerprint density at radius 1 is 1.03 bits per heavy atom. The van der Waals surface area contributed by atoms with Gasteiger partial charge in [-0.1, -0.05) is 41.9 Å². The molecule has 3 aromatic rings. The van der Waals surface area contributed by atoms with Gasteiger partial charge >= 0.3 is 0 Å². The molecule has 3 N–H and O–H groups in total. The van der Waals surface area contributed by atoms with Crippen molar-refractivity contribution in [1.82, 2.24) is 0 Å². The van der Waals surface area contributed by atoms with Crippen molar-refractivity contribution in [3.05, 3.63) is 94.5 Å². The van der Waals surface area contributed by atoms with Crippen LogP contribution in [0.2, 0.25) is 5.02 Å². The van der Waals surface area contributed by atoms with Crippen molar-refractivity contribution in [1.29, 1.82) is 0 Å². The lowest BCUT2D eigenvalue weighted by Crippen LogP contribution is -2.42. The Balaban J connectivity index is 1.64. The number of aliphatic hydroxyl groups is 1. The van der Waals surface area contributed by atoms with E-state index in [4.69, 9.17) is 17.3 Å². The first kappa shape index (κ1) is 20.1. The van der Waals surface area contributed by atoms with E-state index in [1.54, 1.807) is 42.5 Å². The van der Waals surface area contributed by atoms with E-state index in [1.165, 1.54) is 4.90 Å². The molecule has 1 atom stereocenters. The van der Waals surface area contributed by atoms with Crippen molar-refractivity contribution in [2.45, 2.75) is 18.4 Å². The molecular formula is C24H21ClN2O3. The summed E-state index contributed by atoms with van der Waals surface area (Å²) in [5, 5.41) is 11.8. The van der Waals surface area contributed by atoms with Gasteiger partial charge in [0, 0.05) is 28.4 Å². The summed E-state index contributed by atoms with van der Waals surface area (Å²) in [4.78, 5) is 27.7. The van der Waals surface area contributed by atoms with E-state index in [1.807, 2.05) is 30.3 Å². The number of nitrogens with two attached hydrogens (primary N) is 1. The van der Waals surface area contributed by atoms with E-state index in [0.717, 1.165) is 5.56 Å². The van der Waals surface area contributed by atoms with Crippen LogP contribution in [-0.4, -0.2) is 23.3 Å². The molecule has 1 aliphatic heterocycles. The van der Waals surface area contributed by atoms with E-state index in [0.29, 0.717) is 40.5 Å². The van der Waals surface area contributed by atoms with Crippen LogP contribution in [0.5, 0.6) is 0 Å². The van der Waals surface area contributed by atoms with Gasteiger partial charge in [0.2, 0.25) is 0 Å². The zero-order valence-corrected chi connectivity index (χ0v) is 17.0. The molecular weight excluding hydrogens is 400 g/mol. The number of Topliss-reactive ketones (excluding diaryl/α,β-unsaturated/α-hetero) is 1. The molecule has 1 heterocycles. The number of carbonyl (C=O) groups excluding carboxylic acids is 2. The summed E-state index contributed by atoms with van der Waals surface area (Å²) in [6, 6.07) is 21.2. The van der Waals surface area contributed by atoms with Crippen LogP contribution in [0.3, 0.4) is 0 Å². The van der Waals surface area contributed by atoms with Gasteiger partial charge in [-0.15, -0.1) is 0 Å². The van der Waals surface area contributed by atoms with Gasteiger partial charge in [-0.2, -0.15) is 0 Å². The first-order chi connectivity index (χ1) is 14.4. The number of hydrogen-bond acceptors (Lipinski definition) is 4. The zero-order chi connectivity index (χ0) is 21.3. The van der Waals surface area contributed by atoms with Gasteiger partial charge in [-0.05, 0) is 54.4 Å². The molecule has 6 heteroatoms. The van der Waals surface area contributed by atoms with Crippen molar-refractivity contribution in [3.63, 3.8) is 0 Å². The Hall–Kier alpha value is -3.15. The van der Waals surface area contributed by atoms with Gasteiger partial charge in [0.25, 0.3) is 5.91 Å².